The molecule has 0 aromatic carbocycles. The van der Waals surface area contributed by atoms with Crippen LogP contribution in [-0.2, 0) is 9.59 Å². The predicted molar refractivity (Wildman–Crippen MR) is 42.5 cm³/mol. The van der Waals surface area contributed by atoms with Gasteiger partial charge in [-0.3, -0.25) is 9.59 Å². The van der Waals surface area contributed by atoms with E-state index in [1.807, 2.05) is 0 Å². The van der Waals surface area contributed by atoms with Gasteiger partial charge in [0.05, 0.1) is 0 Å². The lowest BCUT2D eigenvalue weighted by molar-refractivity contribution is -0.137. The second-order valence-electron chi connectivity index (χ2n) is 2.07. The van der Waals surface area contributed by atoms with Crippen LogP contribution in [0.3, 0.4) is 0 Å². The molecular formula is C6H12ClNO3. The van der Waals surface area contributed by atoms with Crippen LogP contribution in [0.4, 0.5) is 0 Å². The maximum atomic E-state index is 10.1. The van der Waals surface area contributed by atoms with Crippen LogP contribution >= 0.6 is 12.4 Å². The van der Waals surface area contributed by atoms with Crippen molar-refractivity contribution in [3.05, 3.63) is 0 Å². The van der Waals surface area contributed by atoms with E-state index in [9.17, 15) is 9.59 Å². The first-order chi connectivity index (χ1) is 4.63. The van der Waals surface area contributed by atoms with E-state index in [0.29, 0.717) is 12.8 Å². The Morgan fingerprint density at radius 1 is 1.18 bits per heavy atom. The Morgan fingerprint density at radius 3 is 2.00 bits per heavy atom. The number of carboxylic acids is 1. The summed E-state index contributed by atoms with van der Waals surface area (Å²) in [5.74, 6) is -1.20. The molecule has 5 heteroatoms. The zero-order valence-electron chi connectivity index (χ0n) is 6.08. The van der Waals surface area contributed by atoms with Crippen LogP contribution in [-0.4, -0.2) is 17.0 Å². The average molecular weight is 182 g/mol. The summed E-state index contributed by atoms with van der Waals surface area (Å²) in [4.78, 5) is 20.0. The first-order valence-electron chi connectivity index (χ1n) is 3.13. The van der Waals surface area contributed by atoms with E-state index in [0.717, 1.165) is 0 Å². The van der Waals surface area contributed by atoms with E-state index in [1.54, 1.807) is 0 Å². The lowest BCUT2D eigenvalue weighted by atomic mass is 10.2. The van der Waals surface area contributed by atoms with Crippen LogP contribution in [0.25, 0.3) is 0 Å². The molecular weight excluding hydrogens is 170 g/mol. The van der Waals surface area contributed by atoms with Crippen molar-refractivity contribution in [3.8, 4) is 0 Å². The van der Waals surface area contributed by atoms with Crippen LogP contribution in [0, 0.1) is 0 Å². The molecule has 0 saturated carbocycles. The number of hydrogen-bond donors (Lipinski definition) is 2. The lowest BCUT2D eigenvalue weighted by Crippen LogP contribution is -2.09. The van der Waals surface area contributed by atoms with Gasteiger partial charge in [0.1, 0.15) is 0 Å². The minimum absolute atomic E-state index is 0. The van der Waals surface area contributed by atoms with Gasteiger partial charge in [-0.15, -0.1) is 12.4 Å². The molecule has 0 saturated heterocycles. The van der Waals surface area contributed by atoms with Crippen molar-refractivity contribution < 1.29 is 14.7 Å². The monoisotopic (exact) mass is 181 g/mol. The number of primary amides is 1. The topological polar surface area (TPSA) is 80.4 Å². The second-order valence-corrected chi connectivity index (χ2v) is 2.07. The Labute approximate surface area is 71.2 Å². The van der Waals surface area contributed by atoms with Crippen molar-refractivity contribution in [2.75, 3.05) is 0 Å². The SMILES string of the molecule is Cl.NC(=O)CCCCC(=O)O. The molecule has 0 aliphatic carbocycles. The van der Waals surface area contributed by atoms with Gasteiger partial charge in [0.2, 0.25) is 5.91 Å². The van der Waals surface area contributed by atoms with E-state index in [1.165, 1.54) is 0 Å². The molecule has 0 aliphatic rings. The van der Waals surface area contributed by atoms with Gasteiger partial charge in [-0.05, 0) is 12.8 Å². The van der Waals surface area contributed by atoms with Gasteiger partial charge in [0, 0.05) is 12.8 Å². The molecule has 0 heterocycles. The molecule has 11 heavy (non-hydrogen) atoms. The number of rotatable bonds is 5. The average Bonchev–Trinajstić information content (AvgIpc) is 1.79. The van der Waals surface area contributed by atoms with Crippen molar-refractivity contribution in [1.29, 1.82) is 0 Å². The maximum Gasteiger partial charge on any atom is 0.303 e. The molecule has 1 amide bonds. The van der Waals surface area contributed by atoms with Crippen molar-refractivity contribution in [2.24, 2.45) is 5.73 Å². The molecule has 0 aromatic rings. The van der Waals surface area contributed by atoms with Gasteiger partial charge >= 0.3 is 5.97 Å². The fourth-order valence-corrected chi connectivity index (χ4v) is 0.575. The molecule has 0 atom stereocenters. The number of unbranched alkanes of at least 4 members (excludes halogenated alkanes) is 1. The zero-order chi connectivity index (χ0) is 7.98. The zero-order valence-corrected chi connectivity index (χ0v) is 6.89. The molecule has 0 spiro atoms. The van der Waals surface area contributed by atoms with E-state index in [-0.39, 0.29) is 31.2 Å². The standard InChI is InChI=1S/C6H11NO3.ClH/c7-5(8)3-1-2-4-6(9)10;/h1-4H2,(H2,7,8)(H,9,10);1H. The maximum absolute atomic E-state index is 10.1. The highest BCUT2D eigenvalue weighted by atomic mass is 35.5. The summed E-state index contributed by atoms with van der Waals surface area (Å²) < 4.78 is 0. The molecule has 0 rings (SSSR count). The van der Waals surface area contributed by atoms with Gasteiger partial charge in [-0.25, -0.2) is 0 Å². The van der Waals surface area contributed by atoms with Gasteiger partial charge in [-0.2, -0.15) is 0 Å². The highest BCUT2D eigenvalue weighted by Crippen LogP contribution is 1.97. The van der Waals surface area contributed by atoms with Crippen LogP contribution < -0.4 is 5.73 Å². The fraction of sp³-hybridized carbons (Fsp3) is 0.667. The Kier molecular flexibility index (Phi) is 8.58. The summed E-state index contributed by atoms with van der Waals surface area (Å²) >= 11 is 0. The number of hydrogen-bond acceptors (Lipinski definition) is 2. The third kappa shape index (κ3) is 12.4. The van der Waals surface area contributed by atoms with Crippen LogP contribution in [0.2, 0.25) is 0 Å². The van der Waals surface area contributed by atoms with Crippen LogP contribution in [0.5, 0.6) is 0 Å². The summed E-state index contributed by atoms with van der Waals surface area (Å²) in [6.45, 7) is 0. The minimum atomic E-state index is -0.829. The van der Waals surface area contributed by atoms with Crippen LogP contribution in [0.15, 0.2) is 0 Å². The summed E-state index contributed by atoms with van der Waals surface area (Å²) in [6.07, 6.45) is 1.50. The van der Waals surface area contributed by atoms with E-state index in [4.69, 9.17) is 10.8 Å². The van der Waals surface area contributed by atoms with Crippen LogP contribution in [0.1, 0.15) is 25.7 Å². The molecule has 0 fully saturated rings. The van der Waals surface area contributed by atoms with Crippen molar-refractivity contribution in [1.82, 2.24) is 0 Å². The molecule has 66 valence electrons. The number of halogens is 1. The van der Waals surface area contributed by atoms with Gasteiger partial charge < -0.3 is 10.8 Å². The third-order valence-electron chi connectivity index (χ3n) is 1.06. The van der Waals surface area contributed by atoms with E-state index in [2.05, 4.69) is 0 Å². The summed E-state index contributed by atoms with van der Waals surface area (Å²) in [7, 11) is 0. The van der Waals surface area contributed by atoms with Crippen molar-refractivity contribution in [3.63, 3.8) is 0 Å². The highest BCUT2D eigenvalue weighted by molar-refractivity contribution is 5.85. The Hall–Kier alpha value is -0.770. The quantitative estimate of drug-likeness (QED) is 0.608. The van der Waals surface area contributed by atoms with Crippen molar-refractivity contribution in [2.45, 2.75) is 25.7 Å². The number of aliphatic carboxylic acids is 1. The summed E-state index contributed by atoms with van der Waals surface area (Å²) in [6, 6.07) is 0. The van der Waals surface area contributed by atoms with E-state index < -0.39 is 5.97 Å². The Bertz CT molecular complexity index is 122. The number of nitrogens with two attached hydrogens (primary N) is 1. The Balaban J connectivity index is 0. The molecule has 0 bridgehead atoms. The smallest absolute Gasteiger partial charge is 0.303 e. The number of carbonyl (C=O) groups is 2. The first-order valence-corrected chi connectivity index (χ1v) is 3.13. The van der Waals surface area contributed by atoms with Gasteiger partial charge in [0.25, 0.3) is 0 Å². The third-order valence-corrected chi connectivity index (χ3v) is 1.06. The Morgan fingerprint density at radius 2 is 1.64 bits per heavy atom. The second kappa shape index (κ2) is 7.34. The summed E-state index contributed by atoms with van der Waals surface area (Å²) in [5, 5.41) is 8.16. The summed E-state index contributed by atoms with van der Waals surface area (Å²) in [5.41, 5.74) is 4.82. The lowest BCUT2D eigenvalue weighted by Gasteiger charge is -1.92. The molecule has 0 aromatic heterocycles. The largest absolute Gasteiger partial charge is 0.481 e. The molecule has 4 nitrogen and oxygen atoms in total. The van der Waals surface area contributed by atoms with Gasteiger partial charge in [0.15, 0.2) is 0 Å². The van der Waals surface area contributed by atoms with Crippen molar-refractivity contribution >= 4 is 24.3 Å². The number of carbonyl (C=O) groups excluding carboxylic acids is 1. The molecule has 3 N–H and O–H groups in total. The van der Waals surface area contributed by atoms with Gasteiger partial charge in [-0.1, -0.05) is 0 Å². The molecule has 0 unspecified atom stereocenters. The first kappa shape index (κ1) is 12.9. The number of carboxylic acid groups (broad SMARTS) is 1. The molecule has 0 radical (unpaired) electrons. The normalized spacial score (nSPS) is 8.36. The van der Waals surface area contributed by atoms with E-state index >= 15 is 0 Å². The fourth-order valence-electron chi connectivity index (χ4n) is 0.575. The highest BCUT2D eigenvalue weighted by Gasteiger charge is 1.97. The minimum Gasteiger partial charge on any atom is -0.481 e. The predicted octanol–water partition coefficient (Wildman–Crippen LogP) is 0.538. The number of amides is 1. The molecule has 0 aliphatic heterocycles.